The van der Waals surface area contributed by atoms with Crippen LogP contribution in [0.1, 0.15) is 52.5 Å². The first kappa shape index (κ1) is 16.9. The van der Waals surface area contributed by atoms with Gasteiger partial charge in [0.25, 0.3) is 0 Å². The summed E-state index contributed by atoms with van der Waals surface area (Å²) in [6.07, 6.45) is 2.37. The van der Waals surface area contributed by atoms with Gasteiger partial charge in [0.15, 0.2) is 0 Å². The Kier molecular flexibility index (Phi) is 4.59. The van der Waals surface area contributed by atoms with E-state index in [9.17, 15) is 13.6 Å². The summed E-state index contributed by atoms with van der Waals surface area (Å²) in [6.45, 7) is 8.49. The number of rotatable bonds is 6. The van der Waals surface area contributed by atoms with Crippen molar-refractivity contribution in [2.75, 3.05) is 6.54 Å². The van der Waals surface area contributed by atoms with Crippen LogP contribution in [0.5, 0.6) is 0 Å². The van der Waals surface area contributed by atoms with Crippen LogP contribution in [0.15, 0.2) is 18.2 Å². The zero-order valence-corrected chi connectivity index (χ0v) is 13.8. The van der Waals surface area contributed by atoms with Gasteiger partial charge in [-0.2, -0.15) is 0 Å². The number of halogens is 2. The number of carbonyl (C=O) groups excluding carboxylic acids is 1. The van der Waals surface area contributed by atoms with Crippen LogP contribution in [0, 0.1) is 23.0 Å². The molecule has 1 saturated carbocycles. The van der Waals surface area contributed by atoms with Gasteiger partial charge in [-0.15, -0.1) is 0 Å². The van der Waals surface area contributed by atoms with Gasteiger partial charge in [-0.25, -0.2) is 8.78 Å². The standard InChI is InChI=1S/C18H25F2NO/c1-5-12(6-2)16(22)21-11-18(10-17(18,3)4)14-8-7-13(19)9-15(14)20/h7-9,12H,5-6,10-11H2,1-4H3,(H,21,22). The fraction of sp³-hybridized carbons (Fsp3) is 0.611. The van der Waals surface area contributed by atoms with Crippen molar-refractivity contribution in [2.45, 2.75) is 52.4 Å². The largest absolute Gasteiger partial charge is 0.355 e. The van der Waals surface area contributed by atoms with Gasteiger partial charge < -0.3 is 5.32 Å². The topological polar surface area (TPSA) is 29.1 Å². The van der Waals surface area contributed by atoms with Crippen molar-refractivity contribution in [1.29, 1.82) is 0 Å². The Bertz CT molecular complexity index is 566. The highest BCUT2D eigenvalue weighted by molar-refractivity contribution is 5.78. The van der Waals surface area contributed by atoms with Crippen LogP contribution in [0.4, 0.5) is 8.78 Å². The molecule has 1 aromatic rings. The fourth-order valence-electron chi connectivity index (χ4n) is 3.49. The van der Waals surface area contributed by atoms with Crippen LogP contribution in [-0.4, -0.2) is 12.5 Å². The van der Waals surface area contributed by atoms with E-state index in [1.54, 1.807) is 0 Å². The average molecular weight is 309 g/mol. The van der Waals surface area contributed by atoms with Gasteiger partial charge in [0, 0.05) is 23.9 Å². The summed E-state index contributed by atoms with van der Waals surface area (Å²) in [4.78, 5) is 12.2. The van der Waals surface area contributed by atoms with Gasteiger partial charge in [-0.1, -0.05) is 33.8 Å². The molecule has 0 bridgehead atoms. The van der Waals surface area contributed by atoms with Crippen LogP contribution < -0.4 is 5.32 Å². The maximum absolute atomic E-state index is 14.2. The third-order valence-corrected chi connectivity index (χ3v) is 5.28. The lowest BCUT2D eigenvalue weighted by Crippen LogP contribution is -2.38. The average Bonchev–Trinajstić information content (AvgIpc) is 3.00. The first-order valence-corrected chi connectivity index (χ1v) is 8.00. The first-order valence-electron chi connectivity index (χ1n) is 8.00. The molecule has 2 nitrogen and oxygen atoms in total. The Hall–Kier alpha value is -1.45. The van der Waals surface area contributed by atoms with Crippen molar-refractivity contribution in [3.05, 3.63) is 35.4 Å². The van der Waals surface area contributed by atoms with Crippen LogP contribution in [0.3, 0.4) is 0 Å². The number of hydrogen-bond acceptors (Lipinski definition) is 1. The van der Waals surface area contributed by atoms with E-state index in [1.165, 1.54) is 12.1 Å². The highest BCUT2D eigenvalue weighted by Crippen LogP contribution is 2.64. The second-order valence-corrected chi connectivity index (χ2v) is 7.00. The molecule has 22 heavy (non-hydrogen) atoms. The monoisotopic (exact) mass is 309 g/mol. The lowest BCUT2D eigenvalue weighted by atomic mass is 9.87. The Morgan fingerprint density at radius 3 is 2.32 bits per heavy atom. The maximum atomic E-state index is 14.2. The van der Waals surface area contributed by atoms with Crippen LogP contribution in [0.25, 0.3) is 0 Å². The van der Waals surface area contributed by atoms with Gasteiger partial charge >= 0.3 is 0 Å². The maximum Gasteiger partial charge on any atom is 0.223 e. The van der Waals surface area contributed by atoms with E-state index in [0.717, 1.165) is 25.3 Å². The summed E-state index contributed by atoms with van der Waals surface area (Å²) in [5.74, 6) is -1.08. The van der Waals surface area contributed by atoms with Crippen molar-refractivity contribution in [3.8, 4) is 0 Å². The van der Waals surface area contributed by atoms with Crippen LogP contribution in [0.2, 0.25) is 0 Å². The molecule has 122 valence electrons. The minimum absolute atomic E-state index is 0.00280. The van der Waals surface area contributed by atoms with E-state index in [1.807, 2.05) is 13.8 Å². The third kappa shape index (κ3) is 2.88. The summed E-state index contributed by atoms with van der Waals surface area (Å²) < 4.78 is 27.3. The fourth-order valence-corrected chi connectivity index (χ4v) is 3.49. The van der Waals surface area contributed by atoms with E-state index in [-0.39, 0.29) is 17.2 Å². The highest BCUT2D eigenvalue weighted by atomic mass is 19.1. The zero-order chi connectivity index (χ0) is 16.5. The molecule has 4 heteroatoms. The van der Waals surface area contributed by atoms with Gasteiger partial charge in [-0.05, 0) is 36.3 Å². The molecule has 1 fully saturated rings. The van der Waals surface area contributed by atoms with Gasteiger partial charge in [0.2, 0.25) is 5.91 Å². The lowest BCUT2D eigenvalue weighted by molar-refractivity contribution is -0.125. The second-order valence-electron chi connectivity index (χ2n) is 7.00. The van der Waals surface area contributed by atoms with Crippen molar-refractivity contribution in [1.82, 2.24) is 5.32 Å². The van der Waals surface area contributed by atoms with Crippen molar-refractivity contribution >= 4 is 5.91 Å². The molecule has 2 rings (SSSR count). The van der Waals surface area contributed by atoms with E-state index in [2.05, 4.69) is 19.2 Å². The number of amides is 1. The minimum Gasteiger partial charge on any atom is -0.355 e. The summed E-state index contributed by atoms with van der Waals surface area (Å²) in [5, 5.41) is 2.98. The van der Waals surface area contributed by atoms with Gasteiger partial charge in [0.05, 0.1) is 0 Å². The number of hydrogen-bond donors (Lipinski definition) is 1. The number of benzene rings is 1. The molecule has 1 aliphatic rings. The Morgan fingerprint density at radius 1 is 1.27 bits per heavy atom. The van der Waals surface area contributed by atoms with Crippen molar-refractivity contribution in [2.24, 2.45) is 11.3 Å². The molecule has 1 aromatic carbocycles. The molecule has 0 saturated heterocycles. The molecule has 0 aromatic heterocycles. The van der Waals surface area contributed by atoms with Gasteiger partial charge in [0.1, 0.15) is 11.6 Å². The van der Waals surface area contributed by atoms with E-state index in [0.29, 0.717) is 12.1 Å². The second kappa shape index (κ2) is 5.98. The number of nitrogens with one attached hydrogen (secondary N) is 1. The summed E-state index contributed by atoms with van der Waals surface area (Å²) in [7, 11) is 0. The number of carbonyl (C=O) groups is 1. The predicted molar refractivity (Wildman–Crippen MR) is 83.5 cm³/mol. The zero-order valence-electron chi connectivity index (χ0n) is 13.8. The molecule has 1 N–H and O–H groups in total. The van der Waals surface area contributed by atoms with E-state index in [4.69, 9.17) is 0 Å². The first-order chi connectivity index (χ1) is 10.3. The Morgan fingerprint density at radius 2 is 1.86 bits per heavy atom. The molecule has 0 radical (unpaired) electrons. The summed E-state index contributed by atoms with van der Waals surface area (Å²) in [5.41, 5.74) is -0.0388. The molecule has 1 amide bonds. The molecule has 0 spiro atoms. The normalized spacial score (nSPS) is 22.7. The molecule has 1 atom stereocenters. The molecule has 0 heterocycles. The molecule has 1 unspecified atom stereocenters. The molecular formula is C18H25F2NO. The predicted octanol–water partition coefficient (Wildman–Crippen LogP) is 4.18. The molecular weight excluding hydrogens is 284 g/mol. The van der Waals surface area contributed by atoms with Gasteiger partial charge in [-0.3, -0.25) is 4.79 Å². The summed E-state index contributed by atoms with van der Waals surface area (Å²) >= 11 is 0. The Balaban J connectivity index is 2.19. The lowest BCUT2D eigenvalue weighted by Gasteiger charge is -2.24. The molecule has 1 aliphatic carbocycles. The van der Waals surface area contributed by atoms with Crippen LogP contribution in [-0.2, 0) is 10.2 Å². The molecule has 0 aliphatic heterocycles. The Labute approximate surface area is 131 Å². The SMILES string of the molecule is CCC(CC)C(=O)NCC1(c2ccc(F)cc2F)CC1(C)C. The quantitative estimate of drug-likeness (QED) is 0.839. The van der Waals surface area contributed by atoms with E-state index < -0.39 is 17.0 Å². The highest BCUT2D eigenvalue weighted by Gasteiger charge is 2.62. The van der Waals surface area contributed by atoms with Crippen LogP contribution >= 0.6 is 0 Å². The smallest absolute Gasteiger partial charge is 0.223 e. The van der Waals surface area contributed by atoms with E-state index >= 15 is 0 Å². The third-order valence-electron chi connectivity index (χ3n) is 5.28. The van der Waals surface area contributed by atoms with Crippen molar-refractivity contribution < 1.29 is 13.6 Å². The van der Waals surface area contributed by atoms with Crippen molar-refractivity contribution in [3.63, 3.8) is 0 Å². The summed E-state index contributed by atoms with van der Waals surface area (Å²) in [6, 6.07) is 3.73. The minimum atomic E-state index is -0.573.